The highest BCUT2D eigenvalue weighted by molar-refractivity contribution is 6.01. The quantitative estimate of drug-likeness (QED) is 0.545. The van der Waals surface area contributed by atoms with Gasteiger partial charge in [-0.15, -0.1) is 0 Å². The fraction of sp³-hybridized carbons (Fsp3) is 0.417. The summed E-state index contributed by atoms with van der Waals surface area (Å²) in [6.45, 7) is 7.73. The van der Waals surface area contributed by atoms with Crippen molar-refractivity contribution in [2.75, 3.05) is 13.2 Å². The summed E-state index contributed by atoms with van der Waals surface area (Å²) >= 11 is 0. The zero-order valence-corrected chi connectivity index (χ0v) is 17.7. The van der Waals surface area contributed by atoms with Gasteiger partial charge in [-0.2, -0.15) is 0 Å². The molecule has 2 amide bonds. The van der Waals surface area contributed by atoms with Crippen molar-refractivity contribution < 1.29 is 14.3 Å². The van der Waals surface area contributed by atoms with Crippen LogP contribution >= 0.6 is 0 Å². The van der Waals surface area contributed by atoms with Crippen LogP contribution in [0.25, 0.3) is 11.1 Å². The van der Waals surface area contributed by atoms with E-state index < -0.39 is 6.09 Å². The van der Waals surface area contributed by atoms with Gasteiger partial charge in [-0.1, -0.05) is 69.7 Å². The van der Waals surface area contributed by atoms with Gasteiger partial charge in [0.15, 0.2) is 0 Å². The molecule has 156 valence electrons. The monoisotopic (exact) mass is 396 g/mol. The lowest BCUT2D eigenvalue weighted by atomic mass is 9.95. The average Bonchev–Trinajstić information content (AvgIpc) is 2.72. The Labute approximate surface area is 173 Å². The van der Waals surface area contributed by atoms with Crippen molar-refractivity contribution in [1.29, 1.82) is 0 Å². The molecule has 29 heavy (non-hydrogen) atoms. The molecule has 0 heterocycles. The third-order valence-corrected chi connectivity index (χ3v) is 4.64. The summed E-state index contributed by atoms with van der Waals surface area (Å²) in [6.07, 6.45) is 2.34. The van der Waals surface area contributed by atoms with Crippen LogP contribution in [0.4, 0.5) is 4.79 Å². The number of hydrogen-bond donors (Lipinski definition) is 2. The SMILES string of the molecule is CCCCOC(=O)NCc1ccccc1-c1ccccc1C(=O)NCCC(C)C. The molecule has 0 aromatic heterocycles. The Balaban J connectivity index is 2.14. The van der Waals surface area contributed by atoms with E-state index in [1.165, 1.54) is 0 Å². The van der Waals surface area contributed by atoms with Crippen LogP contribution in [-0.2, 0) is 11.3 Å². The van der Waals surface area contributed by atoms with Crippen LogP contribution in [0.5, 0.6) is 0 Å². The van der Waals surface area contributed by atoms with Gasteiger partial charge < -0.3 is 15.4 Å². The molecule has 0 spiro atoms. The third-order valence-electron chi connectivity index (χ3n) is 4.64. The van der Waals surface area contributed by atoms with Crippen molar-refractivity contribution >= 4 is 12.0 Å². The molecular formula is C24H32N2O3. The molecule has 0 fully saturated rings. The Morgan fingerprint density at radius 1 is 0.966 bits per heavy atom. The Morgan fingerprint density at radius 3 is 2.38 bits per heavy atom. The Bertz CT molecular complexity index is 802. The lowest BCUT2D eigenvalue weighted by molar-refractivity contribution is 0.0952. The lowest BCUT2D eigenvalue weighted by Crippen LogP contribution is -2.26. The minimum absolute atomic E-state index is 0.0806. The van der Waals surface area contributed by atoms with Gasteiger partial charge >= 0.3 is 6.09 Å². The summed E-state index contributed by atoms with van der Waals surface area (Å²) in [5.74, 6) is 0.456. The van der Waals surface area contributed by atoms with Crippen LogP contribution in [0, 0.1) is 5.92 Å². The average molecular weight is 397 g/mol. The number of carbonyl (C=O) groups is 2. The molecule has 5 heteroatoms. The van der Waals surface area contributed by atoms with E-state index in [4.69, 9.17) is 4.74 Å². The molecule has 2 aromatic carbocycles. The molecule has 2 rings (SSSR count). The smallest absolute Gasteiger partial charge is 0.407 e. The minimum Gasteiger partial charge on any atom is -0.450 e. The first-order chi connectivity index (χ1) is 14.0. The first-order valence-electron chi connectivity index (χ1n) is 10.4. The molecular weight excluding hydrogens is 364 g/mol. The number of alkyl carbamates (subject to hydrolysis) is 1. The van der Waals surface area contributed by atoms with E-state index in [1.807, 2.05) is 55.5 Å². The Morgan fingerprint density at radius 2 is 1.66 bits per heavy atom. The number of unbranched alkanes of at least 4 members (excludes halogenated alkanes) is 1. The minimum atomic E-state index is -0.423. The molecule has 0 aliphatic heterocycles. The number of benzene rings is 2. The zero-order valence-electron chi connectivity index (χ0n) is 17.7. The van der Waals surface area contributed by atoms with E-state index in [1.54, 1.807) is 0 Å². The van der Waals surface area contributed by atoms with Crippen molar-refractivity contribution in [3.63, 3.8) is 0 Å². The summed E-state index contributed by atoms with van der Waals surface area (Å²) in [5.41, 5.74) is 3.35. The second-order valence-electron chi connectivity index (χ2n) is 7.48. The van der Waals surface area contributed by atoms with Crippen LogP contribution in [0.2, 0.25) is 0 Å². The maximum atomic E-state index is 12.7. The molecule has 2 N–H and O–H groups in total. The predicted molar refractivity (Wildman–Crippen MR) is 117 cm³/mol. The van der Waals surface area contributed by atoms with E-state index in [0.29, 0.717) is 31.2 Å². The highest BCUT2D eigenvalue weighted by atomic mass is 16.5. The number of carbonyl (C=O) groups excluding carboxylic acids is 2. The molecule has 0 unspecified atom stereocenters. The van der Waals surface area contributed by atoms with Crippen LogP contribution < -0.4 is 10.6 Å². The standard InChI is InChI=1S/C24H32N2O3/c1-4-5-16-29-24(28)26-17-19-10-6-7-11-20(19)21-12-8-9-13-22(21)23(27)25-15-14-18(2)3/h6-13,18H,4-5,14-17H2,1-3H3,(H,25,27)(H,26,28). The van der Waals surface area contributed by atoms with Crippen molar-refractivity contribution in [3.05, 3.63) is 59.7 Å². The zero-order chi connectivity index (χ0) is 21.1. The van der Waals surface area contributed by atoms with Crippen molar-refractivity contribution in [2.45, 2.75) is 46.6 Å². The van der Waals surface area contributed by atoms with Gasteiger partial charge in [0.2, 0.25) is 0 Å². The van der Waals surface area contributed by atoms with E-state index in [-0.39, 0.29) is 5.91 Å². The van der Waals surface area contributed by atoms with Gasteiger partial charge in [0.25, 0.3) is 5.91 Å². The van der Waals surface area contributed by atoms with E-state index in [0.717, 1.165) is 36.0 Å². The molecule has 0 saturated carbocycles. The van der Waals surface area contributed by atoms with Crippen molar-refractivity contribution in [1.82, 2.24) is 10.6 Å². The summed E-state index contributed by atoms with van der Waals surface area (Å²) in [5, 5.41) is 5.81. The van der Waals surface area contributed by atoms with Crippen LogP contribution in [0.3, 0.4) is 0 Å². The molecule has 0 radical (unpaired) electrons. The molecule has 0 aliphatic carbocycles. The molecule has 0 saturated heterocycles. The van der Waals surface area contributed by atoms with Crippen LogP contribution in [-0.4, -0.2) is 25.2 Å². The molecule has 2 aromatic rings. The fourth-order valence-corrected chi connectivity index (χ4v) is 2.95. The number of nitrogens with one attached hydrogen (secondary N) is 2. The number of amides is 2. The predicted octanol–water partition coefficient (Wildman–Crippen LogP) is 5.16. The summed E-state index contributed by atoms with van der Waals surface area (Å²) in [6, 6.07) is 15.4. The molecule has 5 nitrogen and oxygen atoms in total. The number of ether oxygens (including phenoxy) is 1. The first-order valence-corrected chi connectivity index (χ1v) is 10.4. The van der Waals surface area contributed by atoms with Gasteiger partial charge in [-0.05, 0) is 41.5 Å². The highest BCUT2D eigenvalue weighted by Gasteiger charge is 2.15. The number of rotatable bonds is 10. The topological polar surface area (TPSA) is 67.4 Å². The van der Waals surface area contributed by atoms with E-state index in [2.05, 4.69) is 24.5 Å². The summed E-state index contributed by atoms with van der Waals surface area (Å²) in [4.78, 5) is 24.6. The summed E-state index contributed by atoms with van der Waals surface area (Å²) in [7, 11) is 0. The number of hydrogen-bond acceptors (Lipinski definition) is 3. The Kier molecular flexibility index (Phi) is 9.22. The second-order valence-corrected chi connectivity index (χ2v) is 7.48. The van der Waals surface area contributed by atoms with E-state index >= 15 is 0 Å². The molecule has 0 atom stereocenters. The third kappa shape index (κ3) is 7.26. The highest BCUT2D eigenvalue weighted by Crippen LogP contribution is 2.27. The largest absolute Gasteiger partial charge is 0.450 e. The normalized spacial score (nSPS) is 10.6. The second kappa shape index (κ2) is 11.9. The van der Waals surface area contributed by atoms with E-state index in [9.17, 15) is 9.59 Å². The van der Waals surface area contributed by atoms with Gasteiger partial charge in [0.1, 0.15) is 0 Å². The maximum Gasteiger partial charge on any atom is 0.407 e. The molecule has 0 aliphatic rings. The van der Waals surface area contributed by atoms with Crippen LogP contribution in [0.15, 0.2) is 48.5 Å². The fourth-order valence-electron chi connectivity index (χ4n) is 2.95. The van der Waals surface area contributed by atoms with Gasteiger partial charge in [-0.3, -0.25) is 4.79 Å². The van der Waals surface area contributed by atoms with Crippen molar-refractivity contribution in [2.24, 2.45) is 5.92 Å². The van der Waals surface area contributed by atoms with Gasteiger partial charge in [0.05, 0.1) is 6.61 Å². The lowest BCUT2D eigenvalue weighted by Gasteiger charge is -2.15. The Hall–Kier alpha value is -2.82. The maximum absolute atomic E-state index is 12.7. The summed E-state index contributed by atoms with van der Waals surface area (Å²) < 4.78 is 5.16. The first kappa shape index (κ1) is 22.5. The molecule has 0 bridgehead atoms. The van der Waals surface area contributed by atoms with Gasteiger partial charge in [-0.25, -0.2) is 4.79 Å². The van der Waals surface area contributed by atoms with Crippen molar-refractivity contribution in [3.8, 4) is 11.1 Å². The van der Waals surface area contributed by atoms with Gasteiger partial charge in [0, 0.05) is 18.7 Å². The van der Waals surface area contributed by atoms with Crippen LogP contribution in [0.1, 0.15) is 56.0 Å².